The van der Waals surface area contributed by atoms with E-state index in [1.54, 1.807) is 17.0 Å². The lowest BCUT2D eigenvalue weighted by molar-refractivity contribution is 0.0142. The van der Waals surface area contributed by atoms with Gasteiger partial charge in [-0.3, -0.25) is 19.8 Å². The van der Waals surface area contributed by atoms with Crippen LogP contribution in [0.15, 0.2) is 42.7 Å². The third-order valence-corrected chi connectivity index (χ3v) is 7.43. The van der Waals surface area contributed by atoms with Gasteiger partial charge in [-0.2, -0.15) is 0 Å². The van der Waals surface area contributed by atoms with Crippen LogP contribution in [0.25, 0.3) is 11.0 Å². The Balaban J connectivity index is 1.10. The first-order valence-electron chi connectivity index (χ1n) is 14.7. The average Bonchev–Trinajstić information content (AvgIpc) is 3.64. The molecule has 5 rings (SSSR count). The average molecular weight is 637 g/mol. The molecule has 14 heteroatoms. The summed E-state index contributed by atoms with van der Waals surface area (Å²) in [7, 11) is 0. The van der Waals surface area contributed by atoms with Crippen molar-refractivity contribution in [2.24, 2.45) is 0 Å². The molecule has 45 heavy (non-hydrogen) atoms. The quantitative estimate of drug-likeness (QED) is 0.185. The number of aryl methyl sites for hydroxylation is 1. The predicted molar refractivity (Wildman–Crippen MR) is 171 cm³/mol. The molecule has 1 fully saturated rings. The Morgan fingerprint density at radius 3 is 2.53 bits per heavy atom. The molecule has 2 aromatic carbocycles. The molecular weight excluding hydrogens is 600 g/mol. The molecule has 1 aliphatic heterocycles. The number of fused-ring (bicyclic) bond motifs is 1. The highest BCUT2D eigenvalue weighted by atomic mass is 35.5. The number of benzene rings is 2. The topological polar surface area (TPSA) is 158 Å². The van der Waals surface area contributed by atoms with E-state index in [4.69, 9.17) is 21.1 Å². The molecule has 1 aliphatic rings. The number of ether oxygens (including phenoxy) is 2. The SMILES string of the molecule is Cc1cc(NC(=O)c2nc[nH]c2C(=O)Nc2nc3ccccc3[nH]2)c(Cl)cc1OCCCN1CCN(C(=O)OC(C)(C)C)CC1. The number of hydrogen-bond acceptors (Lipinski definition) is 8. The van der Waals surface area contributed by atoms with E-state index in [9.17, 15) is 14.4 Å². The molecule has 3 amide bonds. The van der Waals surface area contributed by atoms with Crippen LogP contribution >= 0.6 is 11.6 Å². The van der Waals surface area contributed by atoms with E-state index in [2.05, 4.69) is 35.5 Å². The van der Waals surface area contributed by atoms with Gasteiger partial charge in [-0.1, -0.05) is 23.7 Å². The standard InChI is InChI=1S/C31H37ClN8O5/c1-19-16-23(20(32)17-24(19)44-15-7-10-39-11-13-40(14-12-39)30(43)45-31(2,3)4)35-27(41)25-26(34-18-33-25)28(42)38-29-36-21-8-5-6-9-22(21)37-29/h5-6,8-9,16-18H,7,10-15H2,1-4H3,(H,33,34)(H,35,41)(H2,36,37,38,42). The van der Waals surface area contributed by atoms with E-state index in [1.807, 2.05) is 52.0 Å². The Morgan fingerprint density at radius 1 is 1.04 bits per heavy atom. The molecule has 0 saturated carbocycles. The molecule has 0 spiro atoms. The minimum absolute atomic E-state index is 0.0213. The Hall–Kier alpha value is -4.62. The molecule has 3 heterocycles. The molecule has 0 radical (unpaired) electrons. The summed E-state index contributed by atoms with van der Waals surface area (Å²) in [5, 5.41) is 5.68. The molecule has 238 valence electrons. The summed E-state index contributed by atoms with van der Waals surface area (Å²) >= 11 is 6.50. The fourth-order valence-corrected chi connectivity index (χ4v) is 5.07. The van der Waals surface area contributed by atoms with Crippen molar-refractivity contribution in [2.45, 2.75) is 39.7 Å². The summed E-state index contributed by atoms with van der Waals surface area (Å²) in [5.74, 6) is -0.323. The Morgan fingerprint density at radius 2 is 1.80 bits per heavy atom. The number of aromatic nitrogens is 4. The van der Waals surface area contributed by atoms with Gasteiger partial charge in [-0.15, -0.1) is 0 Å². The van der Waals surface area contributed by atoms with Gasteiger partial charge in [0.2, 0.25) is 5.95 Å². The summed E-state index contributed by atoms with van der Waals surface area (Å²) in [6.45, 7) is 11.6. The first-order chi connectivity index (χ1) is 21.5. The number of carbonyl (C=O) groups excluding carboxylic acids is 3. The Kier molecular flexibility index (Phi) is 9.59. The van der Waals surface area contributed by atoms with E-state index in [0.29, 0.717) is 36.6 Å². The first kappa shape index (κ1) is 31.8. The molecule has 13 nitrogen and oxygen atoms in total. The van der Waals surface area contributed by atoms with Crippen LogP contribution in [0.3, 0.4) is 0 Å². The highest BCUT2D eigenvalue weighted by Gasteiger charge is 2.26. The smallest absolute Gasteiger partial charge is 0.410 e. The van der Waals surface area contributed by atoms with Gasteiger partial charge in [-0.05, 0) is 57.9 Å². The van der Waals surface area contributed by atoms with Crippen LogP contribution in [-0.4, -0.2) is 92.6 Å². The summed E-state index contributed by atoms with van der Waals surface area (Å²) in [6, 6.07) is 10.7. The minimum Gasteiger partial charge on any atom is -0.493 e. The van der Waals surface area contributed by atoms with Crippen molar-refractivity contribution in [1.82, 2.24) is 29.7 Å². The van der Waals surface area contributed by atoms with Crippen molar-refractivity contribution in [3.8, 4) is 5.75 Å². The fourth-order valence-electron chi connectivity index (χ4n) is 4.87. The van der Waals surface area contributed by atoms with Gasteiger partial charge in [0, 0.05) is 38.8 Å². The van der Waals surface area contributed by atoms with Crippen molar-refractivity contribution in [3.63, 3.8) is 0 Å². The predicted octanol–water partition coefficient (Wildman–Crippen LogP) is 5.07. The number of halogens is 1. The summed E-state index contributed by atoms with van der Waals surface area (Å²) in [4.78, 5) is 56.5. The fraction of sp³-hybridized carbons (Fsp3) is 0.387. The maximum absolute atomic E-state index is 13.1. The number of piperazine rings is 1. The number of para-hydroxylation sites is 2. The van der Waals surface area contributed by atoms with Crippen LogP contribution in [-0.2, 0) is 4.74 Å². The third-order valence-electron chi connectivity index (χ3n) is 7.12. The number of rotatable bonds is 9. The molecular formula is C31H37ClN8O5. The van der Waals surface area contributed by atoms with E-state index in [0.717, 1.165) is 37.1 Å². The summed E-state index contributed by atoms with van der Waals surface area (Å²) in [6.07, 6.45) is 1.79. The zero-order valence-corrected chi connectivity index (χ0v) is 26.5. The maximum atomic E-state index is 13.1. The lowest BCUT2D eigenvalue weighted by Crippen LogP contribution is -2.50. The van der Waals surface area contributed by atoms with Gasteiger partial charge in [0.25, 0.3) is 11.8 Å². The maximum Gasteiger partial charge on any atom is 0.410 e. The largest absolute Gasteiger partial charge is 0.493 e. The van der Waals surface area contributed by atoms with Gasteiger partial charge in [0.1, 0.15) is 17.0 Å². The Bertz CT molecular complexity index is 1650. The molecule has 0 aliphatic carbocycles. The monoisotopic (exact) mass is 636 g/mol. The molecule has 2 aromatic heterocycles. The number of amides is 3. The van der Waals surface area contributed by atoms with Gasteiger partial charge < -0.3 is 29.7 Å². The second-order valence-corrected chi connectivity index (χ2v) is 12.2. The summed E-state index contributed by atoms with van der Waals surface area (Å²) < 4.78 is 11.5. The summed E-state index contributed by atoms with van der Waals surface area (Å²) in [5.41, 5.74) is 1.99. The second-order valence-electron chi connectivity index (χ2n) is 11.7. The van der Waals surface area contributed by atoms with Crippen LogP contribution < -0.4 is 15.4 Å². The van der Waals surface area contributed by atoms with E-state index in [1.165, 1.54) is 6.33 Å². The number of hydrogen-bond donors (Lipinski definition) is 4. The van der Waals surface area contributed by atoms with Gasteiger partial charge in [0.05, 0.1) is 34.7 Å². The number of nitrogens with zero attached hydrogens (tertiary/aromatic N) is 4. The van der Waals surface area contributed by atoms with Gasteiger partial charge >= 0.3 is 6.09 Å². The number of anilines is 2. The number of H-pyrrole nitrogens is 2. The zero-order chi connectivity index (χ0) is 32.1. The van der Waals surface area contributed by atoms with Crippen molar-refractivity contribution < 1.29 is 23.9 Å². The Labute approximate surface area is 265 Å². The molecule has 1 saturated heterocycles. The van der Waals surface area contributed by atoms with E-state index < -0.39 is 17.4 Å². The lowest BCUT2D eigenvalue weighted by Gasteiger charge is -2.35. The van der Waals surface area contributed by atoms with E-state index >= 15 is 0 Å². The van der Waals surface area contributed by atoms with Gasteiger partial charge in [0.15, 0.2) is 5.69 Å². The molecule has 4 aromatic rings. The third kappa shape index (κ3) is 8.11. The van der Waals surface area contributed by atoms with Crippen LogP contribution in [0.1, 0.15) is 53.7 Å². The molecule has 0 bridgehead atoms. The first-order valence-corrected chi connectivity index (χ1v) is 15.1. The highest BCUT2D eigenvalue weighted by Crippen LogP contribution is 2.31. The van der Waals surface area contributed by atoms with Crippen LogP contribution in [0.4, 0.5) is 16.4 Å². The molecule has 4 N–H and O–H groups in total. The molecule has 0 unspecified atom stereocenters. The number of imidazole rings is 2. The minimum atomic E-state index is -0.604. The van der Waals surface area contributed by atoms with Crippen molar-refractivity contribution >= 4 is 52.2 Å². The van der Waals surface area contributed by atoms with Crippen LogP contribution in [0, 0.1) is 6.92 Å². The van der Waals surface area contributed by atoms with E-state index in [-0.39, 0.29) is 28.5 Å². The second kappa shape index (κ2) is 13.6. The van der Waals surface area contributed by atoms with Crippen molar-refractivity contribution in [3.05, 3.63) is 64.7 Å². The zero-order valence-electron chi connectivity index (χ0n) is 25.7. The van der Waals surface area contributed by atoms with Crippen molar-refractivity contribution in [1.29, 1.82) is 0 Å². The number of aromatic amines is 2. The van der Waals surface area contributed by atoms with Crippen LogP contribution in [0.2, 0.25) is 5.02 Å². The molecule has 0 atom stereocenters. The lowest BCUT2D eigenvalue weighted by atomic mass is 10.2. The highest BCUT2D eigenvalue weighted by molar-refractivity contribution is 6.34. The van der Waals surface area contributed by atoms with Gasteiger partial charge in [-0.25, -0.2) is 14.8 Å². The normalized spacial score (nSPS) is 13.9. The van der Waals surface area contributed by atoms with Crippen molar-refractivity contribution in [2.75, 3.05) is 50.0 Å². The number of carbonyl (C=O) groups is 3. The van der Waals surface area contributed by atoms with Crippen LogP contribution in [0.5, 0.6) is 5.75 Å². The number of nitrogens with one attached hydrogen (secondary N) is 4.